The number of likely N-dealkylation sites (N-methyl/N-ethyl adjacent to an activating group) is 1. The molecule has 1 aromatic rings. The standard InChI is InChI=1S/C12H16N2O2/c1-14-11(7-10(13)12(14)15)8-3-5-9(16-2)6-4-8/h3-6,10-11H,7,13H2,1-2H3. The lowest BCUT2D eigenvalue weighted by molar-refractivity contribution is -0.128. The number of hydrogen-bond acceptors (Lipinski definition) is 3. The second kappa shape index (κ2) is 4.14. The van der Waals surface area contributed by atoms with E-state index in [1.54, 1.807) is 19.1 Å². The van der Waals surface area contributed by atoms with Gasteiger partial charge in [-0.25, -0.2) is 0 Å². The summed E-state index contributed by atoms with van der Waals surface area (Å²) in [6.07, 6.45) is 0.682. The molecule has 1 aliphatic rings. The lowest BCUT2D eigenvalue weighted by atomic mass is 10.0. The second-order valence-corrected chi connectivity index (χ2v) is 4.08. The molecule has 0 aliphatic carbocycles. The van der Waals surface area contributed by atoms with Crippen LogP contribution in [0.1, 0.15) is 18.0 Å². The van der Waals surface area contributed by atoms with E-state index in [0.29, 0.717) is 6.42 Å². The minimum absolute atomic E-state index is 0.0146. The zero-order chi connectivity index (χ0) is 11.7. The van der Waals surface area contributed by atoms with Crippen LogP contribution in [-0.4, -0.2) is 31.0 Å². The molecule has 0 saturated carbocycles. The first kappa shape index (κ1) is 11.0. The highest BCUT2D eigenvalue weighted by Crippen LogP contribution is 2.31. The molecule has 86 valence electrons. The molecule has 1 fully saturated rings. The van der Waals surface area contributed by atoms with E-state index in [-0.39, 0.29) is 18.0 Å². The lowest BCUT2D eigenvalue weighted by Crippen LogP contribution is -2.31. The van der Waals surface area contributed by atoms with Gasteiger partial charge in [0.1, 0.15) is 5.75 Å². The van der Waals surface area contributed by atoms with E-state index in [2.05, 4.69) is 0 Å². The fourth-order valence-electron chi connectivity index (χ4n) is 2.10. The van der Waals surface area contributed by atoms with Crippen molar-refractivity contribution in [1.82, 2.24) is 4.90 Å². The van der Waals surface area contributed by atoms with Crippen molar-refractivity contribution in [2.45, 2.75) is 18.5 Å². The van der Waals surface area contributed by atoms with Crippen LogP contribution in [0.15, 0.2) is 24.3 Å². The summed E-state index contributed by atoms with van der Waals surface area (Å²) in [6, 6.07) is 7.48. The van der Waals surface area contributed by atoms with E-state index in [9.17, 15) is 4.79 Å². The number of carbonyl (C=O) groups is 1. The summed E-state index contributed by atoms with van der Waals surface area (Å²) in [5.74, 6) is 0.834. The average Bonchev–Trinajstić information content (AvgIpc) is 2.57. The van der Waals surface area contributed by atoms with E-state index in [1.165, 1.54) is 0 Å². The Morgan fingerprint density at radius 2 is 2.00 bits per heavy atom. The highest BCUT2D eigenvalue weighted by Gasteiger charge is 2.35. The van der Waals surface area contributed by atoms with Gasteiger partial charge in [0.25, 0.3) is 0 Å². The third kappa shape index (κ3) is 1.76. The fourth-order valence-corrected chi connectivity index (χ4v) is 2.10. The van der Waals surface area contributed by atoms with Gasteiger partial charge in [0.15, 0.2) is 0 Å². The smallest absolute Gasteiger partial charge is 0.239 e. The maximum absolute atomic E-state index is 11.6. The van der Waals surface area contributed by atoms with Gasteiger partial charge in [0.2, 0.25) is 5.91 Å². The van der Waals surface area contributed by atoms with Crippen LogP contribution >= 0.6 is 0 Å². The first-order chi connectivity index (χ1) is 7.63. The van der Waals surface area contributed by atoms with Gasteiger partial charge >= 0.3 is 0 Å². The van der Waals surface area contributed by atoms with E-state index >= 15 is 0 Å². The van der Waals surface area contributed by atoms with Gasteiger partial charge in [-0.1, -0.05) is 12.1 Å². The normalized spacial score (nSPS) is 24.9. The van der Waals surface area contributed by atoms with Crippen molar-refractivity contribution in [3.05, 3.63) is 29.8 Å². The predicted molar refractivity (Wildman–Crippen MR) is 61.1 cm³/mol. The van der Waals surface area contributed by atoms with E-state index in [1.807, 2.05) is 24.3 Å². The van der Waals surface area contributed by atoms with Gasteiger partial charge in [0.05, 0.1) is 19.2 Å². The Hall–Kier alpha value is -1.55. The van der Waals surface area contributed by atoms with Crippen LogP contribution < -0.4 is 10.5 Å². The summed E-state index contributed by atoms with van der Waals surface area (Å²) < 4.78 is 5.10. The molecule has 16 heavy (non-hydrogen) atoms. The number of amides is 1. The molecule has 0 aromatic heterocycles. The molecule has 0 radical (unpaired) electrons. The molecular weight excluding hydrogens is 204 g/mol. The molecule has 1 aliphatic heterocycles. The van der Waals surface area contributed by atoms with E-state index < -0.39 is 0 Å². The van der Waals surface area contributed by atoms with Gasteiger partial charge in [0, 0.05) is 7.05 Å². The van der Waals surface area contributed by atoms with Crippen LogP contribution in [-0.2, 0) is 4.79 Å². The largest absolute Gasteiger partial charge is 0.497 e. The molecule has 1 aromatic carbocycles. The van der Waals surface area contributed by atoms with Gasteiger partial charge in [-0.3, -0.25) is 4.79 Å². The number of carbonyl (C=O) groups excluding carboxylic acids is 1. The van der Waals surface area contributed by atoms with Crippen LogP contribution in [0.2, 0.25) is 0 Å². The quantitative estimate of drug-likeness (QED) is 0.806. The number of methoxy groups -OCH3 is 1. The van der Waals surface area contributed by atoms with Gasteiger partial charge < -0.3 is 15.4 Å². The number of nitrogens with two attached hydrogens (primary N) is 1. The van der Waals surface area contributed by atoms with E-state index in [4.69, 9.17) is 10.5 Å². The van der Waals surface area contributed by atoms with Gasteiger partial charge in [-0.15, -0.1) is 0 Å². The van der Waals surface area contributed by atoms with Gasteiger partial charge in [-0.05, 0) is 24.1 Å². The fraction of sp³-hybridized carbons (Fsp3) is 0.417. The Balaban J connectivity index is 2.21. The van der Waals surface area contributed by atoms with Crippen LogP contribution in [0.5, 0.6) is 5.75 Å². The number of nitrogens with zero attached hydrogens (tertiary/aromatic N) is 1. The summed E-state index contributed by atoms with van der Waals surface area (Å²) in [7, 11) is 3.43. The topological polar surface area (TPSA) is 55.6 Å². The predicted octanol–water partition coefficient (Wildman–Crippen LogP) is 0.926. The third-order valence-corrected chi connectivity index (χ3v) is 3.11. The summed E-state index contributed by atoms with van der Waals surface area (Å²) in [5, 5.41) is 0. The number of rotatable bonds is 2. The molecule has 4 nitrogen and oxygen atoms in total. The first-order valence-corrected chi connectivity index (χ1v) is 5.29. The third-order valence-electron chi connectivity index (χ3n) is 3.11. The summed E-state index contributed by atoms with van der Waals surface area (Å²) >= 11 is 0. The minimum Gasteiger partial charge on any atom is -0.497 e. The zero-order valence-corrected chi connectivity index (χ0v) is 9.51. The molecule has 2 rings (SSSR count). The Labute approximate surface area is 95.0 Å². The molecule has 2 atom stereocenters. The summed E-state index contributed by atoms with van der Waals surface area (Å²) in [6.45, 7) is 0. The molecule has 1 saturated heterocycles. The Bertz CT molecular complexity index is 389. The van der Waals surface area contributed by atoms with Crippen molar-refractivity contribution < 1.29 is 9.53 Å². The Morgan fingerprint density at radius 1 is 1.38 bits per heavy atom. The van der Waals surface area contributed by atoms with Crippen LogP contribution in [0, 0.1) is 0 Å². The van der Waals surface area contributed by atoms with Crippen LogP contribution in [0.4, 0.5) is 0 Å². The first-order valence-electron chi connectivity index (χ1n) is 5.29. The maximum Gasteiger partial charge on any atom is 0.239 e. The molecule has 4 heteroatoms. The van der Waals surface area contributed by atoms with Crippen LogP contribution in [0.25, 0.3) is 0 Å². The number of hydrogen-bond donors (Lipinski definition) is 1. The molecule has 2 N–H and O–H groups in total. The minimum atomic E-state index is -0.364. The molecular formula is C12H16N2O2. The van der Waals surface area contributed by atoms with Crippen molar-refractivity contribution in [2.24, 2.45) is 5.73 Å². The molecule has 1 heterocycles. The highest BCUT2D eigenvalue weighted by atomic mass is 16.5. The average molecular weight is 220 g/mol. The SMILES string of the molecule is COc1ccc(C2CC(N)C(=O)N2C)cc1. The van der Waals surface area contributed by atoms with Crippen molar-refractivity contribution in [3.63, 3.8) is 0 Å². The van der Waals surface area contributed by atoms with Crippen molar-refractivity contribution in [3.8, 4) is 5.75 Å². The second-order valence-electron chi connectivity index (χ2n) is 4.08. The molecule has 2 unspecified atom stereocenters. The Kier molecular flexibility index (Phi) is 2.83. The zero-order valence-electron chi connectivity index (χ0n) is 9.51. The Morgan fingerprint density at radius 3 is 2.44 bits per heavy atom. The van der Waals surface area contributed by atoms with Gasteiger partial charge in [-0.2, -0.15) is 0 Å². The lowest BCUT2D eigenvalue weighted by Gasteiger charge is -2.19. The van der Waals surface area contributed by atoms with E-state index in [0.717, 1.165) is 11.3 Å². The monoisotopic (exact) mass is 220 g/mol. The number of ether oxygens (including phenoxy) is 1. The maximum atomic E-state index is 11.6. The molecule has 1 amide bonds. The van der Waals surface area contributed by atoms with Crippen molar-refractivity contribution >= 4 is 5.91 Å². The van der Waals surface area contributed by atoms with Crippen molar-refractivity contribution in [2.75, 3.05) is 14.2 Å². The number of likely N-dealkylation sites (tertiary alicyclic amines) is 1. The van der Waals surface area contributed by atoms with Crippen molar-refractivity contribution in [1.29, 1.82) is 0 Å². The summed E-state index contributed by atoms with van der Waals surface area (Å²) in [5.41, 5.74) is 6.84. The van der Waals surface area contributed by atoms with Crippen LogP contribution in [0.3, 0.4) is 0 Å². The molecule has 0 bridgehead atoms. The molecule has 0 spiro atoms. The highest BCUT2D eigenvalue weighted by molar-refractivity contribution is 5.84. The summed E-state index contributed by atoms with van der Waals surface area (Å²) in [4.78, 5) is 13.3. The number of benzene rings is 1.